The molecule has 1 aliphatic rings. The second kappa shape index (κ2) is 2.48. The van der Waals surface area contributed by atoms with Crippen molar-refractivity contribution in [2.45, 2.75) is 24.6 Å². The second-order valence-corrected chi connectivity index (χ2v) is 4.16. The first-order valence-corrected chi connectivity index (χ1v) is 3.34. The van der Waals surface area contributed by atoms with E-state index in [1.54, 1.807) is 0 Å². The molecule has 1 heterocycles. The Hall–Kier alpha value is 0.270. The summed E-state index contributed by atoms with van der Waals surface area (Å²) >= 11 is 1.33. The Morgan fingerprint density at radius 3 is 2.11 bits per heavy atom. The van der Waals surface area contributed by atoms with Crippen molar-refractivity contribution in [2.75, 3.05) is 0 Å². The third kappa shape index (κ3) is 1.39. The van der Waals surface area contributed by atoms with E-state index in [9.17, 15) is 4.79 Å². The van der Waals surface area contributed by atoms with E-state index in [1.165, 1.54) is 11.8 Å². The van der Waals surface area contributed by atoms with Crippen LogP contribution in [0.3, 0.4) is 0 Å². The van der Waals surface area contributed by atoms with Crippen LogP contribution in [0.1, 0.15) is 13.8 Å². The Morgan fingerprint density at radius 2 is 2.11 bits per heavy atom. The minimum atomic E-state index is -0.229. The number of hydrogen-bond donors (Lipinski definition) is 1. The summed E-state index contributed by atoms with van der Waals surface area (Å²) in [6.07, 6.45) is 0. The van der Waals surface area contributed by atoms with Crippen LogP contribution in [0.4, 0.5) is 0 Å². The fraction of sp³-hybridized carbons (Fsp3) is 0.800. The molecule has 0 aromatic rings. The molecule has 0 radical (unpaired) electrons. The standard InChI is InChI=1S/C5H9NOS.ClH/c1-5(2)3(6)4(7)8-5;/h3H,6H2,1-2H3;1H. The zero-order chi connectivity index (χ0) is 6.36. The number of carbonyl (C=O) groups is 1. The normalized spacial score (nSPS) is 30.6. The number of hydrogen-bond acceptors (Lipinski definition) is 3. The Balaban J connectivity index is 0.000000640. The van der Waals surface area contributed by atoms with Gasteiger partial charge < -0.3 is 5.73 Å². The molecule has 2 nitrogen and oxygen atoms in total. The van der Waals surface area contributed by atoms with Crippen molar-refractivity contribution in [1.82, 2.24) is 0 Å². The lowest BCUT2D eigenvalue weighted by Gasteiger charge is -2.38. The molecule has 0 aromatic carbocycles. The van der Waals surface area contributed by atoms with Crippen molar-refractivity contribution in [3.8, 4) is 0 Å². The van der Waals surface area contributed by atoms with E-state index in [0.29, 0.717) is 0 Å². The van der Waals surface area contributed by atoms with Gasteiger partial charge >= 0.3 is 0 Å². The van der Waals surface area contributed by atoms with Crippen LogP contribution >= 0.6 is 24.2 Å². The largest absolute Gasteiger partial charge is 0.320 e. The second-order valence-electron chi connectivity index (χ2n) is 2.50. The Kier molecular flexibility index (Phi) is 2.56. The molecule has 0 amide bonds. The van der Waals surface area contributed by atoms with E-state index < -0.39 is 0 Å². The maximum atomic E-state index is 10.5. The molecule has 4 heteroatoms. The van der Waals surface area contributed by atoms with Crippen molar-refractivity contribution in [3.63, 3.8) is 0 Å². The first-order valence-electron chi connectivity index (χ1n) is 2.52. The summed E-state index contributed by atoms with van der Waals surface area (Å²) in [5.41, 5.74) is 5.43. The molecular weight excluding hydrogens is 158 g/mol. The average Bonchev–Trinajstić information content (AvgIpc) is 1.65. The highest BCUT2D eigenvalue weighted by Crippen LogP contribution is 2.39. The third-order valence-corrected chi connectivity index (χ3v) is 2.60. The molecule has 1 aliphatic heterocycles. The van der Waals surface area contributed by atoms with Crippen LogP contribution < -0.4 is 5.73 Å². The predicted octanol–water partition coefficient (Wildman–Crippen LogP) is 0.788. The molecule has 0 aliphatic carbocycles. The highest BCUT2D eigenvalue weighted by molar-refractivity contribution is 8.17. The van der Waals surface area contributed by atoms with Gasteiger partial charge in [-0.3, -0.25) is 4.79 Å². The molecule has 1 unspecified atom stereocenters. The Bertz CT molecular complexity index is 137. The van der Waals surface area contributed by atoms with E-state index in [0.717, 1.165) is 0 Å². The van der Waals surface area contributed by atoms with Gasteiger partial charge in [-0.2, -0.15) is 0 Å². The number of carbonyl (C=O) groups excluding carboxylic acids is 1. The van der Waals surface area contributed by atoms with Crippen molar-refractivity contribution < 1.29 is 4.79 Å². The fourth-order valence-electron chi connectivity index (χ4n) is 0.612. The van der Waals surface area contributed by atoms with Gasteiger partial charge in [0, 0.05) is 4.75 Å². The molecule has 1 fully saturated rings. The maximum absolute atomic E-state index is 10.5. The number of nitrogens with two attached hydrogens (primary N) is 1. The van der Waals surface area contributed by atoms with Gasteiger partial charge in [-0.05, 0) is 13.8 Å². The molecule has 54 valence electrons. The van der Waals surface area contributed by atoms with Gasteiger partial charge in [0.1, 0.15) is 0 Å². The van der Waals surface area contributed by atoms with Crippen molar-refractivity contribution in [3.05, 3.63) is 0 Å². The van der Waals surface area contributed by atoms with E-state index in [2.05, 4.69) is 0 Å². The zero-order valence-electron chi connectivity index (χ0n) is 5.38. The molecule has 9 heavy (non-hydrogen) atoms. The molecule has 1 rings (SSSR count). The molecule has 2 N–H and O–H groups in total. The summed E-state index contributed by atoms with van der Waals surface area (Å²) < 4.78 is -0.00289. The number of rotatable bonds is 0. The molecule has 0 saturated carbocycles. The number of halogens is 1. The lowest BCUT2D eigenvalue weighted by atomic mass is 10.0. The summed E-state index contributed by atoms with van der Waals surface area (Å²) in [6, 6.07) is -0.229. The van der Waals surface area contributed by atoms with E-state index in [1.807, 2.05) is 13.8 Å². The summed E-state index contributed by atoms with van der Waals surface area (Å²) in [7, 11) is 0. The van der Waals surface area contributed by atoms with Crippen LogP contribution in [0.25, 0.3) is 0 Å². The molecule has 0 aromatic heterocycles. The van der Waals surface area contributed by atoms with Crippen LogP contribution in [0.5, 0.6) is 0 Å². The van der Waals surface area contributed by atoms with Crippen LogP contribution in [0, 0.1) is 0 Å². The van der Waals surface area contributed by atoms with Gasteiger partial charge in [-0.15, -0.1) is 12.4 Å². The van der Waals surface area contributed by atoms with E-state index >= 15 is 0 Å². The van der Waals surface area contributed by atoms with E-state index in [4.69, 9.17) is 5.73 Å². The average molecular weight is 168 g/mol. The van der Waals surface area contributed by atoms with Crippen molar-refractivity contribution >= 4 is 29.3 Å². The van der Waals surface area contributed by atoms with E-state index in [-0.39, 0.29) is 28.3 Å². The third-order valence-electron chi connectivity index (χ3n) is 1.37. The van der Waals surface area contributed by atoms with Gasteiger partial charge in [-0.1, -0.05) is 11.8 Å². The zero-order valence-corrected chi connectivity index (χ0v) is 7.01. The molecule has 1 saturated heterocycles. The minimum absolute atomic E-state index is 0. The predicted molar refractivity (Wildman–Crippen MR) is 41.9 cm³/mol. The minimum Gasteiger partial charge on any atom is -0.320 e. The Labute approximate surface area is 65.0 Å². The van der Waals surface area contributed by atoms with Gasteiger partial charge in [-0.25, -0.2) is 0 Å². The SMILES string of the molecule is CC1(C)SC(=O)C1N.Cl. The summed E-state index contributed by atoms with van der Waals surface area (Å²) in [4.78, 5) is 10.5. The molecule has 0 spiro atoms. The quantitative estimate of drug-likeness (QED) is 0.580. The fourth-order valence-corrected chi connectivity index (χ4v) is 1.60. The van der Waals surface area contributed by atoms with Gasteiger partial charge in [0.25, 0.3) is 0 Å². The maximum Gasteiger partial charge on any atom is 0.207 e. The lowest BCUT2D eigenvalue weighted by Crippen LogP contribution is -2.55. The van der Waals surface area contributed by atoms with Crippen LogP contribution in [0.15, 0.2) is 0 Å². The summed E-state index contributed by atoms with van der Waals surface area (Å²) in [5, 5.41) is 0.120. The van der Waals surface area contributed by atoms with Crippen molar-refractivity contribution in [2.24, 2.45) is 5.73 Å². The Morgan fingerprint density at radius 1 is 1.67 bits per heavy atom. The van der Waals surface area contributed by atoms with Crippen LogP contribution in [-0.4, -0.2) is 15.9 Å². The first-order chi connectivity index (χ1) is 3.54. The first kappa shape index (κ1) is 9.27. The van der Waals surface area contributed by atoms with Gasteiger partial charge in [0.05, 0.1) is 6.04 Å². The monoisotopic (exact) mass is 167 g/mol. The topological polar surface area (TPSA) is 43.1 Å². The van der Waals surface area contributed by atoms with Gasteiger partial charge in [0.15, 0.2) is 0 Å². The highest BCUT2D eigenvalue weighted by Gasteiger charge is 2.45. The number of thioether (sulfide) groups is 1. The molecular formula is C5H10ClNOS. The van der Waals surface area contributed by atoms with Crippen molar-refractivity contribution in [1.29, 1.82) is 0 Å². The van der Waals surface area contributed by atoms with Crippen LogP contribution in [-0.2, 0) is 4.79 Å². The smallest absolute Gasteiger partial charge is 0.207 e. The highest BCUT2D eigenvalue weighted by atomic mass is 35.5. The summed E-state index contributed by atoms with van der Waals surface area (Å²) in [6.45, 7) is 3.95. The van der Waals surface area contributed by atoms with Gasteiger partial charge in [0.2, 0.25) is 5.12 Å². The van der Waals surface area contributed by atoms with Crippen LogP contribution in [0.2, 0.25) is 0 Å². The lowest BCUT2D eigenvalue weighted by molar-refractivity contribution is -0.114. The molecule has 0 bridgehead atoms. The molecule has 1 atom stereocenters. The summed E-state index contributed by atoms with van der Waals surface area (Å²) in [5.74, 6) is 0.